The van der Waals surface area contributed by atoms with E-state index in [1.165, 1.54) is 0 Å². The molecule has 0 radical (unpaired) electrons. The molecule has 1 saturated heterocycles. The molecule has 5 heteroatoms. The van der Waals surface area contributed by atoms with Crippen molar-refractivity contribution in [2.75, 3.05) is 19.8 Å². The first-order chi connectivity index (χ1) is 10.3. The van der Waals surface area contributed by atoms with Gasteiger partial charge in [0.15, 0.2) is 0 Å². The van der Waals surface area contributed by atoms with Gasteiger partial charge < -0.3 is 14.9 Å². The highest BCUT2D eigenvalue weighted by Gasteiger charge is 2.17. The second kappa shape index (κ2) is 6.28. The van der Waals surface area contributed by atoms with E-state index in [-0.39, 0.29) is 12.4 Å². The molecule has 1 aliphatic heterocycles. The second-order valence-electron chi connectivity index (χ2n) is 5.38. The van der Waals surface area contributed by atoms with E-state index in [0.717, 1.165) is 42.7 Å². The lowest BCUT2D eigenvalue weighted by Gasteiger charge is -2.22. The van der Waals surface area contributed by atoms with Crippen molar-refractivity contribution in [1.82, 2.24) is 9.78 Å². The van der Waals surface area contributed by atoms with Crippen LogP contribution in [0.25, 0.3) is 11.1 Å². The van der Waals surface area contributed by atoms with E-state index in [4.69, 9.17) is 9.84 Å². The Hall–Kier alpha value is -1.85. The van der Waals surface area contributed by atoms with Gasteiger partial charge in [-0.1, -0.05) is 6.07 Å². The number of hydrogen-bond donors (Lipinski definition) is 2. The summed E-state index contributed by atoms with van der Waals surface area (Å²) in [7, 11) is 0. The van der Waals surface area contributed by atoms with Gasteiger partial charge in [0, 0.05) is 37.1 Å². The smallest absolute Gasteiger partial charge is 0.123 e. The summed E-state index contributed by atoms with van der Waals surface area (Å²) in [6.07, 6.45) is 6.29. The minimum Gasteiger partial charge on any atom is -0.507 e. The van der Waals surface area contributed by atoms with Crippen LogP contribution >= 0.6 is 0 Å². The Balaban J connectivity index is 1.86. The van der Waals surface area contributed by atoms with Crippen LogP contribution in [0.5, 0.6) is 5.75 Å². The molecule has 0 bridgehead atoms. The van der Waals surface area contributed by atoms with Crippen molar-refractivity contribution in [3.63, 3.8) is 0 Å². The lowest BCUT2D eigenvalue weighted by molar-refractivity contribution is 0.0662. The first-order valence-electron chi connectivity index (χ1n) is 7.33. The summed E-state index contributed by atoms with van der Waals surface area (Å²) >= 11 is 0. The van der Waals surface area contributed by atoms with Gasteiger partial charge in [0.25, 0.3) is 0 Å². The van der Waals surface area contributed by atoms with Crippen molar-refractivity contribution in [2.45, 2.75) is 25.3 Å². The van der Waals surface area contributed by atoms with Crippen LogP contribution in [0.4, 0.5) is 0 Å². The molecule has 2 N–H and O–H groups in total. The van der Waals surface area contributed by atoms with Gasteiger partial charge in [-0.05, 0) is 37.0 Å². The Bertz CT molecular complexity index is 603. The summed E-state index contributed by atoms with van der Waals surface area (Å²) < 4.78 is 7.34. The highest BCUT2D eigenvalue weighted by molar-refractivity contribution is 5.69. The van der Waals surface area contributed by atoms with Gasteiger partial charge in [0.05, 0.1) is 12.2 Å². The largest absolute Gasteiger partial charge is 0.507 e. The molecule has 0 amide bonds. The first kappa shape index (κ1) is 14.1. The Morgan fingerprint density at radius 2 is 2.10 bits per heavy atom. The molecule has 1 fully saturated rings. The van der Waals surface area contributed by atoms with Crippen LogP contribution in [0, 0.1) is 0 Å². The molecule has 1 aromatic carbocycles. The molecule has 0 aliphatic carbocycles. The first-order valence-corrected chi connectivity index (χ1v) is 7.33. The molecule has 21 heavy (non-hydrogen) atoms. The Morgan fingerprint density at radius 1 is 1.29 bits per heavy atom. The van der Waals surface area contributed by atoms with E-state index in [9.17, 15) is 5.11 Å². The number of phenols is 1. The maximum absolute atomic E-state index is 10.1. The van der Waals surface area contributed by atoms with E-state index in [2.05, 4.69) is 5.10 Å². The van der Waals surface area contributed by atoms with Crippen molar-refractivity contribution in [1.29, 1.82) is 0 Å². The van der Waals surface area contributed by atoms with Gasteiger partial charge in [-0.3, -0.25) is 4.68 Å². The number of ether oxygens (including phenoxy) is 1. The molecule has 112 valence electrons. The standard InChI is InChI=1S/C16H20N2O3/c19-6-3-12-1-2-16(20)15(9-12)13-10-17-18(11-13)14-4-7-21-8-5-14/h1-2,9-11,14,19-20H,3-8H2. The molecule has 2 heterocycles. The number of phenolic OH excluding ortho intramolecular Hbond substituents is 1. The zero-order valence-electron chi connectivity index (χ0n) is 11.9. The maximum Gasteiger partial charge on any atom is 0.123 e. The molecular weight excluding hydrogens is 268 g/mol. The predicted octanol–water partition coefficient (Wildman–Crippen LogP) is 2.14. The van der Waals surface area contributed by atoms with Gasteiger partial charge in [-0.25, -0.2) is 0 Å². The molecule has 0 unspecified atom stereocenters. The van der Waals surface area contributed by atoms with Crippen LogP contribution in [0.2, 0.25) is 0 Å². The summed E-state index contributed by atoms with van der Waals surface area (Å²) in [5, 5.41) is 23.5. The average molecular weight is 288 g/mol. The zero-order valence-corrected chi connectivity index (χ0v) is 11.9. The fourth-order valence-electron chi connectivity index (χ4n) is 2.73. The second-order valence-corrected chi connectivity index (χ2v) is 5.38. The third kappa shape index (κ3) is 3.09. The minimum absolute atomic E-state index is 0.103. The maximum atomic E-state index is 10.1. The normalized spacial score (nSPS) is 16.2. The highest BCUT2D eigenvalue weighted by atomic mass is 16.5. The monoisotopic (exact) mass is 288 g/mol. The number of aromatic nitrogens is 2. The number of aromatic hydroxyl groups is 1. The van der Waals surface area contributed by atoms with Crippen molar-refractivity contribution < 1.29 is 14.9 Å². The van der Waals surface area contributed by atoms with Crippen LogP contribution in [0.1, 0.15) is 24.4 Å². The SMILES string of the molecule is OCCc1ccc(O)c(-c2cnn(C3CCOCC3)c2)c1. The van der Waals surface area contributed by atoms with Crippen molar-refractivity contribution in [2.24, 2.45) is 0 Å². The summed E-state index contributed by atoms with van der Waals surface area (Å²) in [4.78, 5) is 0. The molecule has 2 aromatic rings. The summed E-state index contributed by atoms with van der Waals surface area (Å²) in [6.45, 7) is 1.65. The Kier molecular flexibility index (Phi) is 4.22. The van der Waals surface area contributed by atoms with Gasteiger partial charge >= 0.3 is 0 Å². The van der Waals surface area contributed by atoms with Crippen LogP contribution in [-0.4, -0.2) is 39.8 Å². The van der Waals surface area contributed by atoms with Gasteiger partial charge in [-0.2, -0.15) is 5.10 Å². The molecule has 1 aromatic heterocycles. The lowest BCUT2D eigenvalue weighted by atomic mass is 10.0. The fraction of sp³-hybridized carbons (Fsp3) is 0.438. The molecule has 1 aliphatic rings. The lowest BCUT2D eigenvalue weighted by Crippen LogP contribution is -2.19. The predicted molar refractivity (Wildman–Crippen MR) is 79.2 cm³/mol. The zero-order chi connectivity index (χ0) is 14.7. The van der Waals surface area contributed by atoms with Crippen molar-refractivity contribution in [3.05, 3.63) is 36.2 Å². The molecule has 3 rings (SSSR count). The van der Waals surface area contributed by atoms with E-state index in [0.29, 0.717) is 12.5 Å². The van der Waals surface area contributed by atoms with E-state index in [1.807, 2.05) is 23.0 Å². The average Bonchev–Trinajstić information content (AvgIpc) is 3.00. The number of rotatable bonds is 4. The Morgan fingerprint density at radius 3 is 2.86 bits per heavy atom. The summed E-state index contributed by atoms with van der Waals surface area (Å²) in [5.41, 5.74) is 2.67. The van der Waals surface area contributed by atoms with Crippen LogP contribution in [0.3, 0.4) is 0 Å². The third-order valence-electron chi connectivity index (χ3n) is 3.94. The minimum atomic E-state index is 0.103. The van der Waals surface area contributed by atoms with Crippen molar-refractivity contribution >= 4 is 0 Å². The highest BCUT2D eigenvalue weighted by Crippen LogP contribution is 2.31. The topological polar surface area (TPSA) is 67.5 Å². The number of aliphatic hydroxyl groups is 1. The van der Waals surface area contributed by atoms with Gasteiger partial charge in [0.1, 0.15) is 5.75 Å². The summed E-state index contributed by atoms with van der Waals surface area (Å²) in [5.74, 6) is 0.239. The summed E-state index contributed by atoms with van der Waals surface area (Å²) in [6, 6.07) is 5.79. The number of nitrogens with zero attached hydrogens (tertiary/aromatic N) is 2. The molecule has 5 nitrogen and oxygen atoms in total. The molecular formula is C16H20N2O3. The van der Waals surface area contributed by atoms with Gasteiger partial charge in [0.2, 0.25) is 0 Å². The molecule has 0 spiro atoms. The van der Waals surface area contributed by atoms with Crippen molar-refractivity contribution in [3.8, 4) is 16.9 Å². The van der Waals surface area contributed by atoms with Crippen LogP contribution < -0.4 is 0 Å². The fourth-order valence-corrected chi connectivity index (χ4v) is 2.73. The number of hydrogen-bond acceptors (Lipinski definition) is 4. The number of aliphatic hydroxyl groups excluding tert-OH is 1. The molecule has 0 saturated carbocycles. The van der Waals surface area contributed by atoms with Crippen LogP contribution in [-0.2, 0) is 11.2 Å². The third-order valence-corrected chi connectivity index (χ3v) is 3.94. The van der Waals surface area contributed by atoms with Gasteiger partial charge in [-0.15, -0.1) is 0 Å². The number of benzene rings is 1. The quantitative estimate of drug-likeness (QED) is 0.904. The van der Waals surface area contributed by atoms with E-state index < -0.39 is 0 Å². The van der Waals surface area contributed by atoms with E-state index in [1.54, 1.807) is 12.3 Å². The van der Waals surface area contributed by atoms with Crippen LogP contribution in [0.15, 0.2) is 30.6 Å². The Labute approximate surface area is 123 Å². The van der Waals surface area contributed by atoms with E-state index >= 15 is 0 Å². The molecule has 0 atom stereocenters.